The average Bonchev–Trinajstić information content (AvgIpc) is 3.06. The van der Waals surface area contributed by atoms with Gasteiger partial charge in [0.2, 0.25) is 0 Å². The first-order valence-corrected chi connectivity index (χ1v) is 5.96. The number of alkyl halides is 1. The minimum absolute atomic E-state index is 0.0982. The summed E-state index contributed by atoms with van der Waals surface area (Å²) in [5.74, 6) is 0.137. The van der Waals surface area contributed by atoms with Gasteiger partial charge in [-0.25, -0.2) is 4.39 Å². The van der Waals surface area contributed by atoms with Crippen molar-refractivity contribution in [1.82, 2.24) is 0 Å². The van der Waals surface area contributed by atoms with E-state index in [9.17, 15) is 4.39 Å². The first-order valence-electron chi connectivity index (χ1n) is 5.96. The molecule has 1 aliphatic carbocycles. The standard InChI is InChI=1S/C14H20FN/c1-9-6-11(3)13(7-10(9)2)14(15,8-16)12-4-5-12/h6-7,12H,4-5,8,16H2,1-3H3. The normalized spacial score (nSPS) is 19.6. The highest BCUT2D eigenvalue weighted by molar-refractivity contribution is 5.41. The van der Waals surface area contributed by atoms with Crippen molar-refractivity contribution in [2.75, 3.05) is 6.54 Å². The maximum atomic E-state index is 14.9. The fraction of sp³-hybridized carbons (Fsp3) is 0.571. The molecule has 1 unspecified atom stereocenters. The van der Waals surface area contributed by atoms with Crippen molar-refractivity contribution in [2.45, 2.75) is 39.3 Å². The van der Waals surface area contributed by atoms with E-state index in [1.165, 1.54) is 5.56 Å². The molecule has 0 saturated heterocycles. The van der Waals surface area contributed by atoms with Crippen LogP contribution in [0.5, 0.6) is 0 Å². The van der Waals surface area contributed by atoms with Crippen LogP contribution >= 0.6 is 0 Å². The average molecular weight is 221 g/mol. The van der Waals surface area contributed by atoms with Crippen LogP contribution in [0, 0.1) is 26.7 Å². The van der Waals surface area contributed by atoms with Crippen molar-refractivity contribution >= 4 is 0 Å². The van der Waals surface area contributed by atoms with Gasteiger partial charge in [-0.05, 0) is 61.8 Å². The molecule has 1 atom stereocenters. The molecule has 0 spiro atoms. The van der Waals surface area contributed by atoms with Crippen molar-refractivity contribution < 1.29 is 4.39 Å². The molecule has 2 N–H and O–H groups in total. The monoisotopic (exact) mass is 221 g/mol. The smallest absolute Gasteiger partial charge is 0.151 e. The van der Waals surface area contributed by atoms with E-state index in [0.29, 0.717) is 0 Å². The van der Waals surface area contributed by atoms with Gasteiger partial charge in [0, 0.05) is 6.54 Å². The molecule has 1 aromatic carbocycles. The van der Waals surface area contributed by atoms with Crippen LogP contribution in [0.2, 0.25) is 0 Å². The van der Waals surface area contributed by atoms with Crippen LogP contribution in [0.1, 0.15) is 35.1 Å². The van der Waals surface area contributed by atoms with Crippen LogP contribution < -0.4 is 5.73 Å². The van der Waals surface area contributed by atoms with Crippen molar-refractivity contribution in [3.63, 3.8) is 0 Å². The van der Waals surface area contributed by atoms with Gasteiger partial charge in [0.1, 0.15) is 0 Å². The first kappa shape index (κ1) is 11.6. The summed E-state index contributed by atoms with van der Waals surface area (Å²) >= 11 is 0. The van der Waals surface area contributed by atoms with E-state index in [-0.39, 0.29) is 12.5 Å². The van der Waals surface area contributed by atoms with Crippen LogP contribution in [0.25, 0.3) is 0 Å². The Kier molecular flexibility index (Phi) is 2.79. The minimum Gasteiger partial charge on any atom is -0.327 e. The van der Waals surface area contributed by atoms with E-state index >= 15 is 0 Å². The minimum atomic E-state index is -1.30. The van der Waals surface area contributed by atoms with E-state index < -0.39 is 5.67 Å². The zero-order valence-electron chi connectivity index (χ0n) is 10.3. The van der Waals surface area contributed by atoms with Crippen molar-refractivity contribution in [2.24, 2.45) is 11.7 Å². The molecule has 0 aliphatic heterocycles. The summed E-state index contributed by atoms with van der Waals surface area (Å²) in [6, 6.07) is 4.05. The Bertz CT molecular complexity index is 409. The maximum absolute atomic E-state index is 14.9. The molecule has 0 aromatic heterocycles. The molecular weight excluding hydrogens is 201 g/mol. The van der Waals surface area contributed by atoms with Crippen molar-refractivity contribution in [3.05, 3.63) is 34.4 Å². The molecule has 1 fully saturated rings. The lowest BCUT2D eigenvalue weighted by Crippen LogP contribution is -2.33. The quantitative estimate of drug-likeness (QED) is 0.833. The number of benzene rings is 1. The van der Waals surface area contributed by atoms with Gasteiger partial charge in [-0.1, -0.05) is 12.1 Å². The molecule has 1 aliphatic rings. The van der Waals surface area contributed by atoms with Gasteiger partial charge in [-0.3, -0.25) is 0 Å². The topological polar surface area (TPSA) is 26.0 Å². The third-order valence-electron chi connectivity index (χ3n) is 3.81. The van der Waals surface area contributed by atoms with Gasteiger partial charge in [-0.2, -0.15) is 0 Å². The summed E-state index contributed by atoms with van der Waals surface area (Å²) in [4.78, 5) is 0. The SMILES string of the molecule is Cc1cc(C)c(C(F)(CN)C2CC2)cc1C. The third-order valence-corrected chi connectivity index (χ3v) is 3.81. The van der Waals surface area contributed by atoms with E-state index in [0.717, 1.165) is 29.5 Å². The number of hydrogen-bond donors (Lipinski definition) is 1. The number of hydrogen-bond acceptors (Lipinski definition) is 1. The molecule has 0 radical (unpaired) electrons. The summed E-state index contributed by atoms with van der Waals surface area (Å²) in [6.45, 7) is 6.17. The summed E-state index contributed by atoms with van der Waals surface area (Å²) in [7, 11) is 0. The molecule has 0 amide bonds. The van der Waals surface area contributed by atoms with E-state index in [4.69, 9.17) is 5.73 Å². The zero-order chi connectivity index (χ0) is 11.9. The Morgan fingerprint density at radius 2 is 1.75 bits per heavy atom. The molecule has 0 bridgehead atoms. The second-order valence-electron chi connectivity index (χ2n) is 5.09. The van der Waals surface area contributed by atoms with Gasteiger partial charge in [0.25, 0.3) is 0 Å². The molecule has 1 aromatic rings. The van der Waals surface area contributed by atoms with Crippen molar-refractivity contribution in [3.8, 4) is 0 Å². The molecular formula is C14H20FN. The fourth-order valence-corrected chi connectivity index (χ4v) is 2.45. The van der Waals surface area contributed by atoms with Crippen LogP contribution in [-0.4, -0.2) is 6.54 Å². The summed E-state index contributed by atoms with van der Waals surface area (Å²) in [6.07, 6.45) is 1.94. The van der Waals surface area contributed by atoms with E-state index in [1.807, 2.05) is 19.9 Å². The Balaban J connectivity index is 2.49. The molecule has 1 nitrogen and oxygen atoms in total. The van der Waals surface area contributed by atoms with Gasteiger partial charge >= 0.3 is 0 Å². The Morgan fingerprint density at radius 1 is 1.19 bits per heavy atom. The fourth-order valence-electron chi connectivity index (χ4n) is 2.45. The zero-order valence-corrected chi connectivity index (χ0v) is 10.3. The highest BCUT2D eigenvalue weighted by atomic mass is 19.1. The number of halogens is 1. The lowest BCUT2D eigenvalue weighted by atomic mass is 9.85. The highest BCUT2D eigenvalue weighted by Crippen LogP contribution is 2.49. The van der Waals surface area contributed by atoms with E-state index in [1.54, 1.807) is 0 Å². The third kappa shape index (κ3) is 1.75. The summed E-state index contributed by atoms with van der Waals surface area (Å²) < 4.78 is 14.9. The largest absolute Gasteiger partial charge is 0.327 e. The summed E-state index contributed by atoms with van der Waals surface area (Å²) in [5, 5.41) is 0. The molecule has 88 valence electrons. The predicted octanol–water partition coefficient (Wildman–Crippen LogP) is 3.15. The van der Waals surface area contributed by atoms with Crippen LogP contribution in [0.15, 0.2) is 12.1 Å². The van der Waals surface area contributed by atoms with Crippen LogP contribution in [0.3, 0.4) is 0 Å². The lowest BCUT2D eigenvalue weighted by molar-refractivity contribution is 0.142. The number of rotatable bonds is 3. The second kappa shape index (κ2) is 3.85. The molecule has 2 heteroatoms. The van der Waals surface area contributed by atoms with Crippen LogP contribution in [0.4, 0.5) is 4.39 Å². The molecule has 1 saturated carbocycles. The molecule has 16 heavy (non-hydrogen) atoms. The Morgan fingerprint density at radius 3 is 2.25 bits per heavy atom. The van der Waals surface area contributed by atoms with Crippen molar-refractivity contribution in [1.29, 1.82) is 0 Å². The maximum Gasteiger partial charge on any atom is 0.151 e. The Hall–Kier alpha value is -0.890. The van der Waals surface area contributed by atoms with Crippen LogP contribution in [-0.2, 0) is 5.67 Å². The first-order chi connectivity index (χ1) is 7.49. The van der Waals surface area contributed by atoms with Gasteiger partial charge in [-0.15, -0.1) is 0 Å². The highest BCUT2D eigenvalue weighted by Gasteiger charge is 2.46. The number of nitrogens with two attached hydrogens (primary N) is 1. The van der Waals surface area contributed by atoms with Gasteiger partial charge in [0.15, 0.2) is 5.67 Å². The van der Waals surface area contributed by atoms with Gasteiger partial charge in [0.05, 0.1) is 0 Å². The second-order valence-corrected chi connectivity index (χ2v) is 5.09. The lowest BCUT2D eigenvalue weighted by Gasteiger charge is -2.26. The van der Waals surface area contributed by atoms with Gasteiger partial charge < -0.3 is 5.73 Å². The molecule has 0 heterocycles. The predicted molar refractivity (Wildman–Crippen MR) is 65.2 cm³/mol. The van der Waals surface area contributed by atoms with E-state index in [2.05, 4.69) is 13.0 Å². The Labute approximate surface area is 96.9 Å². The summed E-state index contributed by atoms with van der Waals surface area (Å²) in [5.41, 5.74) is 8.56. The molecule has 2 rings (SSSR count). The number of aryl methyl sites for hydroxylation is 3.